The Morgan fingerprint density at radius 2 is 1.69 bits per heavy atom. The number of aromatic nitrogens is 3. The number of benzene rings is 2. The molecule has 1 atom stereocenters. The second kappa shape index (κ2) is 12.2. The minimum Gasteiger partial charge on any atom is -0.493 e. The molecule has 7 nitrogen and oxygen atoms in total. The quantitative estimate of drug-likeness (QED) is 0.282. The van der Waals surface area contributed by atoms with Crippen molar-refractivity contribution in [3.63, 3.8) is 0 Å². The lowest BCUT2D eigenvalue weighted by molar-refractivity contribution is 0.116. The molecule has 2 aromatic heterocycles. The van der Waals surface area contributed by atoms with Crippen LogP contribution < -0.4 is 5.56 Å². The number of rotatable bonds is 10. The summed E-state index contributed by atoms with van der Waals surface area (Å²) in [4.78, 5) is 21.9. The van der Waals surface area contributed by atoms with E-state index in [2.05, 4.69) is 9.97 Å². The first-order chi connectivity index (χ1) is 18.7. The molecule has 0 radical (unpaired) electrons. The Morgan fingerprint density at radius 1 is 1.00 bits per heavy atom. The van der Waals surface area contributed by atoms with Gasteiger partial charge < -0.3 is 14.6 Å². The van der Waals surface area contributed by atoms with E-state index in [1.54, 1.807) is 32.0 Å². The van der Waals surface area contributed by atoms with Gasteiger partial charge in [0, 0.05) is 37.5 Å². The molecule has 0 amide bonds. The summed E-state index contributed by atoms with van der Waals surface area (Å²) < 4.78 is 53.6. The Labute approximate surface area is 223 Å². The maximum atomic E-state index is 14.1. The van der Waals surface area contributed by atoms with Gasteiger partial charge in [0.15, 0.2) is 0 Å². The Bertz CT molecular complexity index is 1500. The minimum absolute atomic E-state index is 0.000561. The Balaban J connectivity index is 1.77. The molecule has 0 saturated carbocycles. The SMILES string of the molecule is CCOCc1nc(O)c(Cc2ccc(-c3ccc(F)nc3C)cc2)c(=O)n1[C@@H](COC)c1cc(F)cc(F)c1. The first kappa shape index (κ1) is 28.0. The molecule has 4 aromatic rings. The van der Waals surface area contributed by atoms with Gasteiger partial charge >= 0.3 is 0 Å². The van der Waals surface area contributed by atoms with Crippen molar-refractivity contribution in [2.75, 3.05) is 20.3 Å². The lowest BCUT2D eigenvalue weighted by Gasteiger charge is -2.24. The van der Waals surface area contributed by atoms with E-state index < -0.39 is 35.1 Å². The van der Waals surface area contributed by atoms with Gasteiger partial charge in [0.05, 0.1) is 18.2 Å². The zero-order chi connectivity index (χ0) is 28.1. The van der Waals surface area contributed by atoms with E-state index in [1.807, 2.05) is 12.1 Å². The Kier molecular flexibility index (Phi) is 8.78. The third-order valence-electron chi connectivity index (χ3n) is 6.30. The van der Waals surface area contributed by atoms with Crippen LogP contribution in [0.4, 0.5) is 13.2 Å². The third kappa shape index (κ3) is 6.35. The van der Waals surface area contributed by atoms with Crippen LogP contribution >= 0.6 is 0 Å². The third-order valence-corrected chi connectivity index (χ3v) is 6.30. The molecule has 0 spiro atoms. The monoisotopic (exact) mass is 539 g/mol. The van der Waals surface area contributed by atoms with Gasteiger partial charge in [0.1, 0.15) is 24.1 Å². The van der Waals surface area contributed by atoms with Crippen LogP contribution in [0.2, 0.25) is 0 Å². The van der Waals surface area contributed by atoms with Crippen molar-refractivity contribution in [2.24, 2.45) is 0 Å². The fraction of sp³-hybridized carbons (Fsp3) is 0.276. The number of pyridine rings is 1. The summed E-state index contributed by atoms with van der Waals surface area (Å²) in [6, 6.07) is 12.2. The molecular formula is C29H28F3N3O4. The van der Waals surface area contributed by atoms with E-state index in [4.69, 9.17) is 9.47 Å². The van der Waals surface area contributed by atoms with Crippen molar-refractivity contribution in [2.45, 2.75) is 32.9 Å². The van der Waals surface area contributed by atoms with E-state index >= 15 is 0 Å². The maximum Gasteiger partial charge on any atom is 0.261 e. The van der Waals surface area contributed by atoms with Gasteiger partial charge in [-0.25, -0.2) is 13.8 Å². The molecule has 0 aliphatic carbocycles. The molecular weight excluding hydrogens is 511 g/mol. The molecule has 10 heteroatoms. The summed E-state index contributed by atoms with van der Waals surface area (Å²) in [7, 11) is 1.41. The number of aromatic hydroxyl groups is 1. The van der Waals surface area contributed by atoms with E-state index in [0.717, 1.165) is 29.3 Å². The van der Waals surface area contributed by atoms with Crippen molar-refractivity contribution in [1.82, 2.24) is 14.5 Å². The maximum absolute atomic E-state index is 14.1. The number of methoxy groups -OCH3 is 1. The highest BCUT2D eigenvalue weighted by Gasteiger charge is 2.25. The van der Waals surface area contributed by atoms with Crippen LogP contribution in [0.5, 0.6) is 5.88 Å². The molecule has 0 saturated heterocycles. The van der Waals surface area contributed by atoms with Crippen molar-refractivity contribution in [3.05, 3.63) is 111 Å². The smallest absolute Gasteiger partial charge is 0.261 e. The highest BCUT2D eigenvalue weighted by atomic mass is 19.1. The number of halogens is 3. The molecule has 39 heavy (non-hydrogen) atoms. The summed E-state index contributed by atoms with van der Waals surface area (Å²) in [6.45, 7) is 3.59. The average Bonchev–Trinajstić information content (AvgIpc) is 2.89. The van der Waals surface area contributed by atoms with Crippen LogP contribution in [0.3, 0.4) is 0 Å². The van der Waals surface area contributed by atoms with E-state index in [-0.39, 0.29) is 36.6 Å². The molecule has 0 unspecified atom stereocenters. The number of aryl methyl sites for hydroxylation is 1. The highest BCUT2D eigenvalue weighted by molar-refractivity contribution is 5.65. The lowest BCUT2D eigenvalue weighted by atomic mass is 10.00. The number of hydrogen-bond acceptors (Lipinski definition) is 6. The summed E-state index contributed by atoms with van der Waals surface area (Å²) in [5.74, 6) is -2.54. The first-order valence-electron chi connectivity index (χ1n) is 12.3. The van der Waals surface area contributed by atoms with Crippen LogP contribution in [-0.4, -0.2) is 40.0 Å². The predicted molar refractivity (Wildman–Crippen MR) is 139 cm³/mol. The van der Waals surface area contributed by atoms with Gasteiger partial charge in [-0.2, -0.15) is 9.37 Å². The molecule has 204 valence electrons. The minimum atomic E-state index is -0.939. The van der Waals surface area contributed by atoms with Crippen LogP contribution in [0, 0.1) is 24.5 Å². The molecule has 2 aromatic carbocycles. The number of hydrogen-bond donors (Lipinski definition) is 1. The topological polar surface area (TPSA) is 86.5 Å². The summed E-state index contributed by atoms with van der Waals surface area (Å²) in [5.41, 5.74) is 2.39. The van der Waals surface area contributed by atoms with Gasteiger partial charge in [-0.15, -0.1) is 0 Å². The molecule has 2 heterocycles. The lowest BCUT2D eigenvalue weighted by Crippen LogP contribution is -2.34. The average molecular weight is 540 g/mol. The zero-order valence-corrected chi connectivity index (χ0v) is 21.7. The van der Waals surface area contributed by atoms with Crippen molar-refractivity contribution >= 4 is 0 Å². The highest BCUT2D eigenvalue weighted by Crippen LogP contribution is 2.26. The van der Waals surface area contributed by atoms with E-state index in [0.29, 0.717) is 17.9 Å². The van der Waals surface area contributed by atoms with Gasteiger partial charge in [0.25, 0.3) is 5.56 Å². The van der Waals surface area contributed by atoms with Crippen LogP contribution in [0.25, 0.3) is 11.1 Å². The van der Waals surface area contributed by atoms with E-state index in [1.165, 1.54) is 17.7 Å². The molecule has 0 bridgehead atoms. The normalized spacial score (nSPS) is 12.1. The zero-order valence-electron chi connectivity index (χ0n) is 21.7. The molecule has 4 rings (SSSR count). The van der Waals surface area contributed by atoms with Gasteiger partial charge in [0.2, 0.25) is 11.8 Å². The molecule has 0 aliphatic rings. The Hall–Kier alpha value is -4.02. The number of ether oxygens (including phenoxy) is 2. The molecule has 1 N–H and O–H groups in total. The molecule has 0 aliphatic heterocycles. The van der Waals surface area contributed by atoms with Gasteiger partial charge in [-0.3, -0.25) is 9.36 Å². The summed E-state index contributed by atoms with van der Waals surface area (Å²) >= 11 is 0. The second-order valence-corrected chi connectivity index (χ2v) is 8.96. The fourth-order valence-corrected chi connectivity index (χ4v) is 4.46. The van der Waals surface area contributed by atoms with Crippen LogP contribution in [-0.2, 0) is 22.5 Å². The first-order valence-corrected chi connectivity index (χ1v) is 12.3. The largest absolute Gasteiger partial charge is 0.493 e. The summed E-state index contributed by atoms with van der Waals surface area (Å²) in [6.07, 6.45) is 0.0325. The van der Waals surface area contributed by atoms with Gasteiger partial charge in [-0.1, -0.05) is 24.3 Å². The van der Waals surface area contributed by atoms with Crippen molar-refractivity contribution in [3.8, 4) is 17.0 Å². The second-order valence-electron chi connectivity index (χ2n) is 8.96. The standard InChI is InChI=1S/C29H28F3N3O4/c1-4-39-16-27-34-28(36)24(11-18-5-7-19(8-6-18)23-9-10-26(32)33-17(23)2)29(37)35(27)25(15-38-3)20-12-21(30)14-22(31)13-20/h5-10,12-14,25,36H,4,11,15-16H2,1-3H3/t25-/m0/s1. The fourth-order valence-electron chi connectivity index (χ4n) is 4.46. The predicted octanol–water partition coefficient (Wildman–Crippen LogP) is 5.10. The van der Waals surface area contributed by atoms with Crippen molar-refractivity contribution < 1.29 is 27.8 Å². The Morgan fingerprint density at radius 3 is 2.31 bits per heavy atom. The van der Waals surface area contributed by atoms with E-state index in [9.17, 15) is 23.1 Å². The van der Waals surface area contributed by atoms with Crippen LogP contribution in [0.1, 0.15) is 41.2 Å². The summed E-state index contributed by atoms with van der Waals surface area (Å²) in [5, 5.41) is 10.7. The van der Waals surface area contributed by atoms with Gasteiger partial charge in [-0.05, 0) is 54.8 Å². The van der Waals surface area contributed by atoms with Crippen molar-refractivity contribution in [1.29, 1.82) is 0 Å². The number of nitrogens with zero attached hydrogens (tertiary/aromatic N) is 3. The van der Waals surface area contributed by atoms with Crippen LogP contribution in [0.15, 0.2) is 59.4 Å². The molecule has 0 fully saturated rings.